The molecule has 0 aliphatic carbocycles. The minimum Gasteiger partial charge on any atom is -0.284 e. The van der Waals surface area contributed by atoms with E-state index in [-0.39, 0.29) is 4.90 Å². The van der Waals surface area contributed by atoms with Crippen LogP contribution in [-0.4, -0.2) is 30.0 Å². The second-order valence-corrected chi connectivity index (χ2v) is 5.73. The van der Waals surface area contributed by atoms with Crippen molar-refractivity contribution in [1.29, 1.82) is 0 Å². The van der Waals surface area contributed by atoms with E-state index in [4.69, 9.17) is 0 Å². The second-order valence-electron chi connectivity index (χ2n) is 3.68. The molecule has 0 radical (unpaired) electrons. The molecule has 5 nitrogen and oxygen atoms in total. The normalized spacial score (nSPS) is 11.9. The highest BCUT2D eigenvalue weighted by Gasteiger charge is 2.21. The van der Waals surface area contributed by atoms with Gasteiger partial charge in [-0.15, -0.1) is 0 Å². The van der Waals surface area contributed by atoms with Gasteiger partial charge in [0.1, 0.15) is 4.90 Å². The number of nitrogens with one attached hydrogen (secondary N) is 1. The number of hydrogen-bond donors (Lipinski definition) is 1. The third-order valence-corrected chi connectivity index (χ3v) is 4.20. The van der Waals surface area contributed by atoms with Crippen LogP contribution in [0.1, 0.15) is 5.56 Å². The van der Waals surface area contributed by atoms with Gasteiger partial charge in [-0.3, -0.25) is 5.10 Å². The highest BCUT2D eigenvalue weighted by Crippen LogP contribution is 2.14. The Labute approximate surface area is 100 Å². The molecule has 1 N–H and O–H groups in total. The molecule has 0 amide bonds. The summed E-state index contributed by atoms with van der Waals surface area (Å²) in [5.41, 5.74) is 0.946. The lowest BCUT2D eigenvalue weighted by Gasteiger charge is -2.15. The van der Waals surface area contributed by atoms with E-state index in [1.807, 2.05) is 30.3 Å². The molecule has 1 heterocycles. The van der Waals surface area contributed by atoms with Crippen LogP contribution in [0.15, 0.2) is 47.6 Å². The van der Waals surface area contributed by atoms with Crippen LogP contribution in [0, 0.1) is 0 Å². The Hall–Kier alpha value is -1.66. The van der Waals surface area contributed by atoms with E-state index in [1.54, 1.807) is 7.05 Å². The fraction of sp³-hybridized carbons (Fsp3) is 0.182. The molecule has 2 rings (SSSR count). The van der Waals surface area contributed by atoms with E-state index in [9.17, 15) is 8.42 Å². The van der Waals surface area contributed by atoms with Gasteiger partial charge in [0.25, 0.3) is 0 Å². The van der Waals surface area contributed by atoms with Crippen molar-refractivity contribution >= 4 is 10.0 Å². The van der Waals surface area contributed by atoms with Crippen LogP contribution in [0.2, 0.25) is 0 Å². The van der Waals surface area contributed by atoms with E-state index < -0.39 is 10.0 Å². The lowest BCUT2D eigenvalue weighted by atomic mass is 10.2. The zero-order valence-electron chi connectivity index (χ0n) is 9.37. The van der Waals surface area contributed by atoms with Crippen molar-refractivity contribution in [2.45, 2.75) is 11.4 Å². The molecular weight excluding hydrogens is 238 g/mol. The molecule has 0 aliphatic heterocycles. The van der Waals surface area contributed by atoms with Gasteiger partial charge < -0.3 is 0 Å². The minimum atomic E-state index is -3.45. The standard InChI is InChI=1S/C11H13N3O2S/c1-14(9-10-5-3-2-4-6-10)17(15,16)11-7-12-13-8-11/h2-8H,9H2,1H3,(H,12,13). The Morgan fingerprint density at radius 3 is 2.59 bits per heavy atom. The van der Waals surface area contributed by atoms with Gasteiger partial charge in [-0.25, -0.2) is 8.42 Å². The third kappa shape index (κ3) is 2.54. The first-order valence-corrected chi connectivity index (χ1v) is 6.54. The molecule has 0 spiro atoms. The molecule has 17 heavy (non-hydrogen) atoms. The summed E-state index contributed by atoms with van der Waals surface area (Å²) in [6.07, 6.45) is 2.67. The molecule has 0 saturated carbocycles. The molecule has 1 aromatic heterocycles. The molecule has 0 saturated heterocycles. The van der Waals surface area contributed by atoms with Crippen molar-refractivity contribution in [3.8, 4) is 0 Å². The van der Waals surface area contributed by atoms with E-state index in [2.05, 4.69) is 10.2 Å². The molecule has 6 heteroatoms. The largest absolute Gasteiger partial charge is 0.284 e. The van der Waals surface area contributed by atoms with Crippen LogP contribution >= 0.6 is 0 Å². The van der Waals surface area contributed by atoms with Crippen molar-refractivity contribution in [3.05, 3.63) is 48.3 Å². The third-order valence-electron chi connectivity index (χ3n) is 2.43. The van der Waals surface area contributed by atoms with Crippen molar-refractivity contribution in [3.63, 3.8) is 0 Å². The number of rotatable bonds is 4. The number of nitrogens with zero attached hydrogens (tertiary/aromatic N) is 2. The second kappa shape index (κ2) is 4.68. The highest BCUT2D eigenvalue weighted by molar-refractivity contribution is 7.89. The quantitative estimate of drug-likeness (QED) is 0.888. The first-order chi connectivity index (χ1) is 8.10. The van der Waals surface area contributed by atoms with Gasteiger partial charge in [0.2, 0.25) is 10.0 Å². The van der Waals surface area contributed by atoms with E-state index in [0.717, 1.165) is 5.56 Å². The molecule has 0 unspecified atom stereocenters. The van der Waals surface area contributed by atoms with Crippen molar-refractivity contribution in [2.24, 2.45) is 0 Å². The smallest absolute Gasteiger partial charge is 0.246 e. The fourth-order valence-electron chi connectivity index (χ4n) is 1.49. The van der Waals surface area contributed by atoms with Gasteiger partial charge in [0.05, 0.1) is 6.20 Å². The molecule has 0 aliphatic rings. The van der Waals surface area contributed by atoms with Crippen LogP contribution in [0.5, 0.6) is 0 Å². The van der Waals surface area contributed by atoms with Crippen molar-refractivity contribution in [2.75, 3.05) is 7.05 Å². The average Bonchev–Trinajstić information content (AvgIpc) is 2.84. The van der Waals surface area contributed by atoms with Crippen molar-refractivity contribution in [1.82, 2.24) is 14.5 Å². The molecule has 90 valence electrons. The van der Waals surface area contributed by atoms with Gasteiger partial charge in [0, 0.05) is 19.8 Å². The Balaban J connectivity index is 2.19. The first kappa shape index (κ1) is 11.8. The maximum atomic E-state index is 12.1. The average molecular weight is 251 g/mol. The number of aromatic nitrogens is 2. The zero-order valence-corrected chi connectivity index (χ0v) is 10.2. The Bertz CT molecular complexity index is 564. The zero-order chi connectivity index (χ0) is 12.3. The number of sulfonamides is 1. The van der Waals surface area contributed by atoms with Crippen LogP contribution in [0.3, 0.4) is 0 Å². The summed E-state index contributed by atoms with van der Waals surface area (Å²) in [4.78, 5) is 0.177. The summed E-state index contributed by atoms with van der Waals surface area (Å²) in [5, 5.41) is 6.15. The molecular formula is C11H13N3O2S. The molecule has 0 atom stereocenters. The molecule has 1 aromatic carbocycles. The summed E-state index contributed by atoms with van der Waals surface area (Å²) in [5.74, 6) is 0. The SMILES string of the molecule is CN(Cc1ccccc1)S(=O)(=O)c1cn[nH]c1. The fourth-order valence-corrected chi connectivity index (χ4v) is 2.55. The predicted octanol–water partition coefficient (Wildman–Crippen LogP) is 1.23. The van der Waals surface area contributed by atoms with E-state index in [1.165, 1.54) is 16.7 Å². The monoisotopic (exact) mass is 251 g/mol. The number of benzene rings is 1. The molecule has 0 fully saturated rings. The van der Waals surface area contributed by atoms with Gasteiger partial charge in [-0.05, 0) is 5.56 Å². The molecule has 2 aromatic rings. The summed E-state index contributed by atoms with van der Waals surface area (Å²) in [7, 11) is -1.90. The van der Waals surface area contributed by atoms with Gasteiger partial charge in [0.15, 0.2) is 0 Å². The summed E-state index contributed by atoms with van der Waals surface area (Å²) in [6.45, 7) is 0.342. The predicted molar refractivity (Wildman–Crippen MR) is 63.7 cm³/mol. The number of aromatic amines is 1. The van der Waals surface area contributed by atoms with Crippen molar-refractivity contribution < 1.29 is 8.42 Å². The van der Waals surface area contributed by atoms with Crippen LogP contribution in [0.25, 0.3) is 0 Å². The highest BCUT2D eigenvalue weighted by atomic mass is 32.2. The lowest BCUT2D eigenvalue weighted by Crippen LogP contribution is -2.26. The van der Waals surface area contributed by atoms with Gasteiger partial charge in [-0.2, -0.15) is 9.40 Å². The molecule has 0 bridgehead atoms. The summed E-state index contributed by atoms with van der Waals surface area (Å²) in [6, 6.07) is 9.44. The Morgan fingerprint density at radius 1 is 1.29 bits per heavy atom. The van der Waals surface area contributed by atoms with Crippen LogP contribution < -0.4 is 0 Å². The maximum absolute atomic E-state index is 12.1. The van der Waals surface area contributed by atoms with Gasteiger partial charge >= 0.3 is 0 Å². The maximum Gasteiger partial charge on any atom is 0.246 e. The van der Waals surface area contributed by atoms with E-state index >= 15 is 0 Å². The number of H-pyrrole nitrogens is 1. The first-order valence-electron chi connectivity index (χ1n) is 5.10. The minimum absolute atomic E-state index is 0.177. The lowest BCUT2D eigenvalue weighted by molar-refractivity contribution is 0.467. The Kier molecular flexibility index (Phi) is 3.26. The summed E-state index contributed by atoms with van der Waals surface area (Å²) >= 11 is 0. The number of hydrogen-bond acceptors (Lipinski definition) is 3. The van der Waals surface area contributed by atoms with E-state index in [0.29, 0.717) is 6.54 Å². The Morgan fingerprint density at radius 2 is 2.00 bits per heavy atom. The van der Waals surface area contributed by atoms with Crippen LogP contribution in [-0.2, 0) is 16.6 Å². The van der Waals surface area contributed by atoms with Crippen LogP contribution in [0.4, 0.5) is 0 Å². The summed E-state index contributed by atoms with van der Waals surface area (Å²) < 4.78 is 25.4. The topological polar surface area (TPSA) is 66.1 Å². The van der Waals surface area contributed by atoms with Gasteiger partial charge in [-0.1, -0.05) is 30.3 Å².